The lowest BCUT2D eigenvalue weighted by atomic mass is 10.1. The molecular formula is C17H11ClN2O3. The number of carbonyl (C=O) groups is 1. The summed E-state index contributed by atoms with van der Waals surface area (Å²) in [6.07, 6.45) is 1.56. The van der Waals surface area contributed by atoms with E-state index < -0.39 is 5.97 Å². The number of carboxylic acid groups (broad SMARTS) is 1. The molecule has 114 valence electrons. The molecule has 0 aliphatic heterocycles. The summed E-state index contributed by atoms with van der Waals surface area (Å²) in [6, 6.07) is 16.1. The molecule has 0 unspecified atom stereocenters. The van der Waals surface area contributed by atoms with Gasteiger partial charge in [0.25, 0.3) is 5.88 Å². The second-order valence-corrected chi connectivity index (χ2v) is 5.13. The predicted molar refractivity (Wildman–Crippen MR) is 87.6 cm³/mol. The average molecular weight is 327 g/mol. The van der Waals surface area contributed by atoms with Gasteiger partial charge < -0.3 is 9.63 Å². The summed E-state index contributed by atoms with van der Waals surface area (Å²) in [5, 5.41) is 13.5. The van der Waals surface area contributed by atoms with Gasteiger partial charge in [0.15, 0.2) is 0 Å². The van der Waals surface area contributed by atoms with Crippen molar-refractivity contribution in [3.05, 3.63) is 70.9 Å². The van der Waals surface area contributed by atoms with Crippen LogP contribution < -0.4 is 0 Å². The summed E-state index contributed by atoms with van der Waals surface area (Å²) in [5.74, 6) is -1.02. The maximum atomic E-state index is 11.3. The van der Waals surface area contributed by atoms with Crippen LogP contribution in [0.2, 0.25) is 5.02 Å². The normalized spacial score (nSPS) is 11.0. The van der Waals surface area contributed by atoms with Gasteiger partial charge in [0.2, 0.25) is 5.69 Å². The van der Waals surface area contributed by atoms with Gasteiger partial charge in [-0.3, -0.25) is 0 Å². The van der Waals surface area contributed by atoms with Crippen molar-refractivity contribution >= 4 is 29.7 Å². The van der Waals surface area contributed by atoms with Gasteiger partial charge in [-0.05, 0) is 23.3 Å². The molecule has 0 saturated carbocycles. The number of aromatic nitrogens is 1. The quantitative estimate of drug-likeness (QED) is 0.719. The largest absolute Gasteiger partial charge is 0.476 e. The monoisotopic (exact) mass is 326 g/mol. The van der Waals surface area contributed by atoms with Crippen LogP contribution in [0.1, 0.15) is 16.1 Å². The van der Waals surface area contributed by atoms with E-state index >= 15 is 0 Å². The van der Waals surface area contributed by atoms with Gasteiger partial charge in [0, 0.05) is 11.2 Å². The van der Waals surface area contributed by atoms with Crippen molar-refractivity contribution < 1.29 is 14.4 Å². The second kappa shape index (κ2) is 6.46. The molecule has 23 heavy (non-hydrogen) atoms. The molecule has 1 heterocycles. The van der Waals surface area contributed by atoms with E-state index in [0.717, 1.165) is 5.56 Å². The highest BCUT2D eigenvalue weighted by atomic mass is 35.5. The van der Waals surface area contributed by atoms with Crippen molar-refractivity contribution in [1.29, 1.82) is 0 Å². The summed E-state index contributed by atoms with van der Waals surface area (Å²) in [4.78, 5) is 15.6. The Balaban J connectivity index is 2.03. The van der Waals surface area contributed by atoms with E-state index in [1.54, 1.807) is 54.7 Å². The van der Waals surface area contributed by atoms with E-state index in [1.807, 2.05) is 6.07 Å². The fourth-order valence-electron chi connectivity index (χ4n) is 2.06. The van der Waals surface area contributed by atoms with Crippen LogP contribution in [0.3, 0.4) is 0 Å². The van der Waals surface area contributed by atoms with Crippen LogP contribution >= 0.6 is 11.6 Å². The molecule has 2 aromatic carbocycles. The molecule has 0 aliphatic carbocycles. The zero-order chi connectivity index (χ0) is 16.2. The first-order chi connectivity index (χ1) is 11.1. The minimum absolute atomic E-state index is 0.142. The van der Waals surface area contributed by atoms with E-state index in [0.29, 0.717) is 16.1 Å². The number of nitrogens with zero attached hydrogens (tertiary/aromatic N) is 2. The SMILES string of the molecule is O=C(O)c1noc(N=Cc2ccc(Cl)cc2)c1-c1ccccc1. The minimum atomic E-state index is -1.17. The zero-order valence-electron chi connectivity index (χ0n) is 11.8. The summed E-state index contributed by atoms with van der Waals surface area (Å²) >= 11 is 5.83. The molecule has 5 nitrogen and oxygen atoms in total. The van der Waals surface area contributed by atoms with Gasteiger partial charge in [0.1, 0.15) is 0 Å². The summed E-state index contributed by atoms with van der Waals surface area (Å²) in [7, 11) is 0. The summed E-state index contributed by atoms with van der Waals surface area (Å²) in [6.45, 7) is 0. The van der Waals surface area contributed by atoms with Gasteiger partial charge in [-0.1, -0.05) is 59.2 Å². The summed E-state index contributed by atoms with van der Waals surface area (Å²) < 4.78 is 5.10. The standard InChI is InChI=1S/C17H11ClN2O3/c18-13-8-6-11(7-9-13)10-19-16-14(12-4-2-1-3-5-12)15(17(21)22)20-23-16/h1-10H,(H,21,22). The number of aliphatic imine (C=N–C) groups is 1. The molecule has 0 radical (unpaired) electrons. The maximum absolute atomic E-state index is 11.3. The molecule has 0 saturated heterocycles. The van der Waals surface area contributed by atoms with Gasteiger partial charge in [-0.15, -0.1) is 0 Å². The van der Waals surface area contributed by atoms with Crippen molar-refractivity contribution in [3.8, 4) is 11.1 Å². The Labute approximate surface area is 136 Å². The third-order valence-electron chi connectivity index (χ3n) is 3.14. The van der Waals surface area contributed by atoms with E-state index in [1.165, 1.54) is 0 Å². The Kier molecular flexibility index (Phi) is 4.21. The number of benzene rings is 2. The fraction of sp³-hybridized carbons (Fsp3) is 0. The molecular weight excluding hydrogens is 316 g/mol. The fourth-order valence-corrected chi connectivity index (χ4v) is 2.19. The molecule has 1 aromatic heterocycles. The molecule has 0 aliphatic rings. The first kappa shape index (κ1) is 15.0. The molecule has 0 fully saturated rings. The van der Waals surface area contributed by atoms with Crippen molar-refractivity contribution in [1.82, 2.24) is 5.16 Å². The highest BCUT2D eigenvalue weighted by Crippen LogP contribution is 2.33. The predicted octanol–water partition coefficient (Wildman–Crippen LogP) is 4.44. The topological polar surface area (TPSA) is 75.7 Å². The second-order valence-electron chi connectivity index (χ2n) is 4.69. The maximum Gasteiger partial charge on any atom is 0.358 e. The molecule has 3 aromatic rings. The van der Waals surface area contributed by atoms with Crippen molar-refractivity contribution in [2.75, 3.05) is 0 Å². The molecule has 3 rings (SSSR count). The lowest BCUT2D eigenvalue weighted by Gasteiger charge is -1.99. The van der Waals surface area contributed by atoms with Crippen LogP contribution in [0, 0.1) is 0 Å². The Hall–Kier alpha value is -2.92. The Morgan fingerprint density at radius 3 is 2.48 bits per heavy atom. The van der Waals surface area contributed by atoms with Crippen molar-refractivity contribution in [3.63, 3.8) is 0 Å². The van der Waals surface area contributed by atoms with E-state index in [9.17, 15) is 9.90 Å². The first-order valence-corrected chi connectivity index (χ1v) is 7.11. The van der Waals surface area contributed by atoms with E-state index in [-0.39, 0.29) is 11.6 Å². The van der Waals surface area contributed by atoms with Crippen LogP contribution in [-0.4, -0.2) is 22.4 Å². The Morgan fingerprint density at radius 2 is 1.83 bits per heavy atom. The van der Waals surface area contributed by atoms with Crippen molar-refractivity contribution in [2.24, 2.45) is 4.99 Å². The van der Waals surface area contributed by atoms with Crippen LogP contribution in [0.25, 0.3) is 11.1 Å². The molecule has 0 bridgehead atoms. The van der Waals surface area contributed by atoms with Crippen LogP contribution in [-0.2, 0) is 0 Å². The first-order valence-electron chi connectivity index (χ1n) is 6.73. The smallest absolute Gasteiger partial charge is 0.358 e. The Morgan fingerprint density at radius 1 is 1.13 bits per heavy atom. The van der Waals surface area contributed by atoms with Crippen LogP contribution in [0.4, 0.5) is 5.88 Å². The molecule has 0 atom stereocenters. The lowest BCUT2D eigenvalue weighted by Crippen LogP contribution is -1.98. The third kappa shape index (κ3) is 3.30. The van der Waals surface area contributed by atoms with Gasteiger partial charge in [-0.25, -0.2) is 9.79 Å². The number of halogens is 1. The minimum Gasteiger partial charge on any atom is -0.476 e. The summed E-state index contributed by atoms with van der Waals surface area (Å²) in [5.41, 5.74) is 1.67. The van der Waals surface area contributed by atoms with Crippen LogP contribution in [0.15, 0.2) is 64.1 Å². The molecule has 0 spiro atoms. The number of aromatic carboxylic acids is 1. The van der Waals surface area contributed by atoms with Crippen molar-refractivity contribution in [2.45, 2.75) is 0 Å². The number of rotatable bonds is 4. The van der Waals surface area contributed by atoms with E-state index in [4.69, 9.17) is 16.1 Å². The highest BCUT2D eigenvalue weighted by molar-refractivity contribution is 6.30. The molecule has 1 N–H and O–H groups in total. The van der Waals surface area contributed by atoms with E-state index in [2.05, 4.69) is 10.1 Å². The molecule has 6 heteroatoms. The Bertz CT molecular complexity index is 855. The van der Waals surface area contributed by atoms with Gasteiger partial charge >= 0.3 is 5.97 Å². The van der Waals surface area contributed by atoms with Gasteiger partial charge in [0.05, 0.1) is 5.56 Å². The molecule has 0 amide bonds. The van der Waals surface area contributed by atoms with Gasteiger partial charge in [-0.2, -0.15) is 0 Å². The number of hydrogen-bond donors (Lipinski definition) is 1. The highest BCUT2D eigenvalue weighted by Gasteiger charge is 2.22. The lowest BCUT2D eigenvalue weighted by molar-refractivity contribution is 0.0686. The van der Waals surface area contributed by atoms with Crippen LogP contribution in [0.5, 0.6) is 0 Å². The average Bonchev–Trinajstić information content (AvgIpc) is 2.99. The number of hydrogen-bond acceptors (Lipinski definition) is 4. The zero-order valence-corrected chi connectivity index (χ0v) is 12.6. The third-order valence-corrected chi connectivity index (χ3v) is 3.39. The number of carboxylic acids is 1.